The largest absolute Gasteiger partial charge is 0.496 e. The van der Waals surface area contributed by atoms with Crippen molar-refractivity contribution in [1.29, 1.82) is 0 Å². The summed E-state index contributed by atoms with van der Waals surface area (Å²) in [7, 11) is 3.18. The van der Waals surface area contributed by atoms with Crippen LogP contribution in [0.2, 0.25) is 5.02 Å². The van der Waals surface area contributed by atoms with Crippen molar-refractivity contribution in [2.24, 2.45) is 0 Å². The second-order valence-electron chi connectivity index (χ2n) is 6.94. The number of halogens is 1. The van der Waals surface area contributed by atoms with E-state index >= 15 is 0 Å². The van der Waals surface area contributed by atoms with Gasteiger partial charge >= 0.3 is 0 Å². The molecule has 0 N–H and O–H groups in total. The Morgan fingerprint density at radius 3 is 2.62 bits per heavy atom. The minimum atomic E-state index is 0.112. The fourth-order valence-corrected chi connectivity index (χ4v) is 3.83. The Bertz CT molecular complexity index is 1120. The number of pyridine rings is 1. The van der Waals surface area contributed by atoms with Crippen LogP contribution < -0.4 is 9.47 Å². The number of methoxy groups -OCH3 is 2. The Hall–Kier alpha value is -2.99. The molecule has 0 unspecified atom stereocenters. The third-order valence-electron chi connectivity index (χ3n) is 5.24. The van der Waals surface area contributed by atoms with Crippen molar-refractivity contribution >= 4 is 28.7 Å². The van der Waals surface area contributed by atoms with Crippen LogP contribution in [0.15, 0.2) is 42.7 Å². The van der Waals surface area contributed by atoms with Crippen molar-refractivity contribution in [3.05, 3.63) is 53.3 Å². The van der Waals surface area contributed by atoms with Gasteiger partial charge in [0, 0.05) is 44.0 Å². The molecule has 3 aromatic rings. The molecule has 1 aliphatic rings. The first-order valence-electron chi connectivity index (χ1n) is 9.35. The lowest BCUT2D eigenvalue weighted by Gasteiger charge is -2.25. The van der Waals surface area contributed by atoms with Gasteiger partial charge < -0.3 is 18.8 Å². The van der Waals surface area contributed by atoms with Gasteiger partial charge in [-0.15, -0.1) is 0 Å². The van der Waals surface area contributed by atoms with E-state index in [1.165, 1.54) is 5.57 Å². The topological polar surface area (TPSA) is 56.1 Å². The van der Waals surface area contributed by atoms with Gasteiger partial charge in [0.1, 0.15) is 17.1 Å². The number of aromatic nitrogens is 2. The molecule has 0 bridgehead atoms. The Kier molecular flexibility index (Phi) is 5.20. The van der Waals surface area contributed by atoms with E-state index < -0.39 is 0 Å². The molecule has 0 radical (unpaired) electrons. The molecule has 2 aromatic heterocycles. The number of rotatable bonds is 4. The van der Waals surface area contributed by atoms with E-state index in [9.17, 15) is 4.79 Å². The van der Waals surface area contributed by atoms with Crippen molar-refractivity contribution in [1.82, 2.24) is 14.3 Å². The van der Waals surface area contributed by atoms with Gasteiger partial charge in [0.25, 0.3) is 0 Å². The van der Waals surface area contributed by atoms with Crippen LogP contribution >= 0.6 is 11.6 Å². The normalized spacial score (nSPS) is 14.1. The van der Waals surface area contributed by atoms with Gasteiger partial charge in [0.05, 0.1) is 24.9 Å². The van der Waals surface area contributed by atoms with E-state index in [0.29, 0.717) is 23.1 Å². The van der Waals surface area contributed by atoms with E-state index in [1.54, 1.807) is 27.2 Å². The van der Waals surface area contributed by atoms with Gasteiger partial charge in [-0.3, -0.25) is 4.79 Å². The minimum Gasteiger partial charge on any atom is -0.496 e. The molecular weight excluding hydrogens is 390 g/mol. The summed E-state index contributed by atoms with van der Waals surface area (Å²) in [5, 5.41) is 0.503. The summed E-state index contributed by atoms with van der Waals surface area (Å²) in [4.78, 5) is 18.1. The number of hydrogen-bond acceptors (Lipinski definition) is 4. The Labute approximate surface area is 174 Å². The Morgan fingerprint density at radius 2 is 1.97 bits per heavy atom. The minimum absolute atomic E-state index is 0.112. The highest BCUT2D eigenvalue weighted by Gasteiger charge is 2.17. The molecule has 1 aliphatic heterocycles. The number of nitrogens with zero attached hydrogens (tertiary/aromatic N) is 3. The molecule has 4 rings (SSSR count). The summed E-state index contributed by atoms with van der Waals surface area (Å²) in [5.74, 6) is 1.32. The second kappa shape index (κ2) is 7.79. The van der Waals surface area contributed by atoms with Gasteiger partial charge in [-0.25, -0.2) is 4.98 Å². The third-order valence-corrected chi connectivity index (χ3v) is 5.53. The number of benzene rings is 1. The summed E-state index contributed by atoms with van der Waals surface area (Å²) >= 11 is 6.32. The molecule has 0 saturated heterocycles. The van der Waals surface area contributed by atoms with Crippen LogP contribution in [0.4, 0.5) is 0 Å². The van der Waals surface area contributed by atoms with Crippen LogP contribution in [0.25, 0.3) is 22.5 Å². The van der Waals surface area contributed by atoms with Gasteiger partial charge in [-0.1, -0.05) is 17.7 Å². The molecule has 7 heteroatoms. The highest BCUT2D eigenvalue weighted by atomic mass is 35.5. The van der Waals surface area contributed by atoms with Gasteiger partial charge in [-0.2, -0.15) is 0 Å². The molecule has 0 spiro atoms. The third kappa shape index (κ3) is 3.68. The highest BCUT2D eigenvalue weighted by molar-refractivity contribution is 6.32. The summed E-state index contributed by atoms with van der Waals surface area (Å²) in [5.41, 5.74) is 4.76. The van der Waals surface area contributed by atoms with Crippen LogP contribution in [-0.2, 0) is 4.79 Å². The van der Waals surface area contributed by atoms with Gasteiger partial charge in [0.15, 0.2) is 0 Å². The quantitative estimate of drug-likeness (QED) is 0.642. The summed E-state index contributed by atoms with van der Waals surface area (Å²) in [6.45, 7) is 3.00. The summed E-state index contributed by atoms with van der Waals surface area (Å²) < 4.78 is 12.8. The molecule has 6 nitrogen and oxygen atoms in total. The highest BCUT2D eigenvalue weighted by Crippen LogP contribution is 2.38. The van der Waals surface area contributed by atoms with Crippen molar-refractivity contribution in [2.45, 2.75) is 13.3 Å². The van der Waals surface area contributed by atoms with Crippen molar-refractivity contribution in [2.75, 3.05) is 27.3 Å². The molecule has 1 amide bonds. The number of fused-ring (bicyclic) bond motifs is 1. The number of hydrogen-bond donors (Lipinski definition) is 0. The average molecular weight is 412 g/mol. The predicted molar refractivity (Wildman–Crippen MR) is 114 cm³/mol. The van der Waals surface area contributed by atoms with Crippen LogP contribution in [0, 0.1) is 0 Å². The SMILES string of the molecule is COc1cc(OC)c(-c2cn3ccc(C4=CCN(C(C)=O)CC4)cc3n2)cc1Cl. The lowest BCUT2D eigenvalue weighted by atomic mass is 10.0. The maximum absolute atomic E-state index is 11.5. The van der Waals surface area contributed by atoms with Crippen LogP contribution in [0.1, 0.15) is 18.9 Å². The first-order chi connectivity index (χ1) is 14.0. The van der Waals surface area contributed by atoms with Gasteiger partial charge in [-0.05, 0) is 35.8 Å². The molecule has 0 saturated carbocycles. The molecule has 0 aliphatic carbocycles. The van der Waals surface area contributed by atoms with Crippen LogP contribution in [-0.4, -0.2) is 47.5 Å². The maximum atomic E-state index is 11.5. The number of amides is 1. The van der Waals surface area contributed by atoms with Crippen LogP contribution in [0.5, 0.6) is 11.5 Å². The monoisotopic (exact) mass is 411 g/mol. The standard InChI is InChI=1S/C22H22ClN3O3/c1-14(27)25-7-4-15(5-8-25)16-6-9-26-13-19(24-22(26)10-16)17-11-18(23)21(29-3)12-20(17)28-2/h4,6,9-13H,5,7-8H2,1-3H3. The average Bonchev–Trinajstić information content (AvgIpc) is 3.16. The fraction of sp³-hybridized carbons (Fsp3) is 0.273. The van der Waals surface area contributed by atoms with Gasteiger partial charge in [0.2, 0.25) is 5.91 Å². The molecule has 3 heterocycles. The number of imidazole rings is 1. The summed E-state index contributed by atoms with van der Waals surface area (Å²) in [6, 6.07) is 7.71. The fourth-order valence-electron chi connectivity index (χ4n) is 3.59. The molecular formula is C22H22ClN3O3. The lowest BCUT2D eigenvalue weighted by Crippen LogP contribution is -2.32. The van der Waals surface area contributed by atoms with Crippen molar-refractivity contribution < 1.29 is 14.3 Å². The van der Waals surface area contributed by atoms with E-state index in [1.807, 2.05) is 27.8 Å². The molecule has 1 aromatic carbocycles. The smallest absolute Gasteiger partial charge is 0.219 e. The van der Waals surface area contributed by atoms with Crippen LogP contribution in [0.3, 0.4) is 0 Å². The molecule has 0 fully saturated rings. The molecule has 0 atom stereocenters. The Morgan fingerprint density at radius 1 is 1.17 bits per heavy atom. The van der Waals surface area contributed by atoms with E-state index in [-0.39, 0.29) is 5.91 Å². The lowest BCUT2D eigenvalue weighted by molar-refractivity contribution is -0.128. The van der Waals surface area contributed by atoms with E-state index in [0.717, 1.165) is 35.4 Å². The zero-order chi connectivity index (χ0) is 20.5. The zero-order valence-corrected chi connectivity index (χ0v) is 17.4. The number of carbonyl (C=O) groups is 1. The van der Waals surface area contributed by atoms with E-state index in [4.69, 9.17) is 26.1 Å². The molecule has 150 valence electrons. The molecule has 29 heavy (non-hydrogen) atoms. The second-order valence-corrected chi connectivity index (χ2v) is 7.35. The zero-order valence-electron chi connectivity index (χ0n) is 16.6. The summed E-state index contributed by atoms with van der Waals surface area (Å²) in [6.07, 6.45) is 6.90. The first-order valence-corrected chi connectivity index (χ1v) is 9.73. The van der Waals surface area contributed by atoms with E-state index in [2.05, 4.69) is 18.2 Å². The maximum Gasteiger partial charge on any atom is 0.219 e. The Balaban J connectivity index is 1.70. The van der Waals surface area contributed by atoms with Crippen molar-refractivity contribution in [3.63, 3.8) is 0 Å². The number of carbonyl (C=O) groups excluding carboxylic acids is 1. The predicted octanol–water partition coefficient (Wildman–Crippen LogP) is 4.31. The first kappa shape index (κ1) is 19.3. The number of ether oxygens (including phenoxy) is 2. The van der Waals surface area contributed by atoms with Crippen molar-refractivity contribution in [3.8, 4) is 22.8 Å².